The summed E-state index contributed by atoms with van der Waals surface area (Å²) in [6.45, 7) is 15.8. The molecule has 9 heteroatoms. The molecule has 0 bridgehead atoms. The third-order valence-corrected chi connectivity index (χ3v) is 11.3. The van der Waals surface area contributed by atoms with E-state index in [4.69, 9.17) is 14.7 Å². The van der Waals surface area contributed by atoms with Crippen molar-refractivity contribution in [2.75, 3.05) is 21.8 Å². The minimum absolute atomic E-state index is 0.00203. The molecule has 0 spiro atoms. The molecule has 0 saturated heterocycles. The minimum atomic E-state index is -0.0819. The van der Waals surface area contributed by atoms with E-state index in [1.807, 2.05) is 12.3 Å². The molecule has 1 N–H and O–H groups in total. The van der Waals surface area contributed by atoms with Gasteiger partial charge in [-0.3, -0.25) is 4.57 Å². The summed E-state index contributed by atoms with van der Waals surface area (Å²) in [5.74, 6) is 2.89. The molecule has 2 aliphatic heterocycles. The van der Waals surface area contributed by atoms with Crippen LogP contribution in [-0.2, 0) is 5.41 Å². The monoisotopic (exact) mass is 708 g/mol. The van der Waals surface area contributed by atoms with Crippen molar-refractivity contribution in [3.05, 3.63) is 132 Å². The van der Waals surface area contributed by atoms with E-state index in [2.05, 4.69) is 178 Å². The molecule has 0 unspecified atom stereocenters. The summed E-state index contributed by atoms with van der Waals surface area (Å²) in [7, 11) is 2.24. The van der Waals surface area contributed by atoms with Crippen LogP contribution in [0.15, 0.2) is 115 Å². The number of hydrogen-bond acceptors (Lipinski definition) is 6. The number of anilines is 3. The number of benzene rings is 4. The molecule has 0 fully saturated rings. The molecular formula is C45H46B2N6O. The first-order valence-corrected chi connectivity index (χ1v) is 19.2. The quantitative estimate of drug-likeness (QED) is 0.174. The molecule has 268 valence electrons. The predicted molar refractivity (Wildman–Crippen MR) is 228 cm³/mol. The van der Waals surface area contributed by atoms with Gasteiger partial charge in [-0.05, 0) is 107 Å². The fourth-order valence-electron chi connectivity index (χ4n) is 8.61. The Morgan fingerprint density at radius 2 is 1.48 bits per heavy atom. The van der Waals surface area contributed by atoms with E-state index >= 15 is 0 Å². The highest BCUT2D eigenvalue weighted by Gasteiger charge is 2.50. The largest absolute Gasteiger partial charge is 0.439 e. The van der Waals surface area contributed by atoms with Crippen molar-refractivity contribution >= 4 is 63.9 Å². The van der Waals surface area contributed by atoms with E-state index in [1.165, 1.54) is 33.5 Å². The number of rotatable bonds is 6. The van der Waals surface area contributed by atoms with Crippen LogP contribution in [0, 0.1) is 0 Å². The van der Waals surface area contributed by atoms with Crippen LogP contribution in [0.5, 0.6) is 11.6 Å². The molecule has 9 rings (SSSR count). The molecule has 3 aromatic heterocycles. The molecule has 0 atom stereocenters. The van der Waals surface area contributed by atoms with E-state index in [0.717, 1.165) is 44.7 Å². The summed E-state index contributed by atoms with van der Waals surface area (Å²) in [5.41, 5.74) is 11.9. The van der Waals surface area contributed by atoms with Gasteiger partial charge in [0.15, 0.2) is 5.65 Å². The zero-order valence-electron chi connectivity index (χ0n) is 32.4. The Morgan fingerprint density at radius 3 is 2.24 bits per heavy atom. The van der Waals surface area contributed by atoms with Gasteiger partial charge in [-0.15, -0.1) is 0 Å². The fraction of sp³-hybridized carbons (Fsp3) is 0.244. The highest BCUT2D eigenvalue weighted by atomic mass is 16.5. The van der Waals surface area contributed by atoms with E-state index in [9.17, 15) is 0 Å². The van der Waals surface area contributed by atoms with Gasteiger partial charge in [0.25, 0.3) is 0 Å². The second-order valence-corrected chi connectivity index (χ2v) is 16.5. The Labute approximate surface area is 319 Å². The first-order valence-electron chi connectivity index (χ1n) is 19.2. The molecule has 5 heterocycles. The smallest absolute Gasteiger partial charge is 0.400 e. The van der Waals surface area contributed by atoms with Crippen LogP contribution >= 0.6 is 0 Å². The molecule has 7 aromatic rings. The first kappa shape index (κ1) is 34.1. The molecule has 0 aliphatic carbocycles. The van der Waals surface area contributed by atoms with Crippen molar-refractivity contribution in [3.63, 3.8) is 0 Å². The average Bonchev–Trinajstić information content (AvgIpc) is 3.70. The molecule has 54 heavy (non-hydrogen) atoms. The molecule has 0 saturated carbocycles. The SMILES string of the molecule is CC(C)c1cccc(C(C)C)c1B1N(C)c2ccc(Oc3ccc4c5ccccc5n(-c5cc(C(C)(C)C)ccn5)c4n3)cc2B2Nc3ccccc3N21. The second-order valence-electron chi connectivity index (χ2n) is 16.5. The molecule has 0 radical (unpaired) electrons. The van der Waals surface area contributed by atoms with E-state index in [0.29, 0.717) is 17.7 Å². The topological polar surface area (TPSA) is 58.5 Å². The minimum Gasteiger partial charge on any atom is -0.439 e. The Morgan fingerprint density at radius 1 is 0.741 bits per heavy atom. The Balaban J connectivity index is 1.15. The van der Waals surface area contributed by atoms with Crippen LogP contribution in [0.1, 0.15) is 77.0 Å². The first-order chi connectivity index (χ1) is 26.0. The van der Waals surface area contributed by atoms with Crippen molar-refractivity contribution in [1.29, 1.82) is 0 Å². The summed E-state index contributed by atoms with van der Waals surface area (Å²) in [5, 5.41) is 6.09. The van der Waals surface area contributed by atoms with E-state index < -0.39 is 0 Å². The maximum absolute atomic E-state index is 6.68. The number of nitrogens with one attached hydrogen (secondary N) is 1. The number of hydrogen-bond donors (Lipinski definition) is 1. The van der Waals surface area contributed by atoms with Crippen molar-refractivity contribution in [1.82, 2.24) is 14.5 Å². The normalized spacial score (nSPS) is 13.9. The van der Waals surface area contributed by atoms with Gasteiger partial charge in [-0.25, -0.2) is 4.98 Å². The summed E-state index contributed by atoms with van der Waals surface area (Å²) >= 11 is 0. The third-order valence-electron chi connectivity index (χ3n) is 11.3. The van der Waals surface area contributed by atoms with E-state index in [-0.39, 0.29) is 19.4 Å². The second kappa shape index (κ2) is 12.7. The lowest BCUT2D eigenvalue weighted by Gasteiger charge is -2.45. The van der Waals surface area contributed by atoms with Gasteiger partial charge in [0.1, 0.15) is 11.6 Å². The van der Waals surface area contributed by atoms with Crippen molar-refractivity contribution in [2.45, 2.75) is 65.7 Å². The van der Waals surface area contributed by atoms with Gasteiger partial charge in [-0.1, -0.05) is 97.0 Å². The number of pyridine rings is 2. The Bertz CT molecular complexity index is 2550. The van der Waals surface area contributed by atoms with Crippen LogP contribution in [0.4, 0.5) is 17.1 Å². The zero-order valence-corrected chi connectivity index (χ0v) is 32.4. The van der Waals surface area contributed by atoms with Gasteiger partial charge >= 0.3 is 14.0 Å². The standard InChI is InChI=1S/C45H46B2N6O/c1-28(2)32-15-13-16-33(29(3)4)43(32)47-51(8)39-22-20-31(27-36(39)46-50-37-17-10-12-19-40(37)53(46)47)54-42-23-21-35-34-14-9-11-18-38(34)52(44(35)49-42)41-26-30(24-25-48-41)45(5,6)7/h9-29,50H,1-8H3. The lowest BCUT2D eigenvalue weighted by atomic mass is 9.47. The Kier molecular flexibility index (Phi) is 8.03. The molecule has 7 nitrogen and oxygen atoms in total. The highest BCUT2D eigenvalue weighted by molar-refractivity contribution is 7.02. The van der Waals surface area contributed by atoms with E-state index in [1.54, 1.807) is 0 Å². The van der Waals surface area contributed by atoms with Gasteiger partial charge in [0, 0.05) is 40.1 Å². The summed E-state index contributed by atoms with van der Waals surface area (Å²) in [6, 6.07) is 38.8. The number of fused-ring (bicyclic) bond motifs is 8. The van der Waals surface area contributed by atoms with Crippen LogP contribution in [-0.4, -0.2) is 35.5 Å². The predicted octanol–water partition coefficient (Wildman–Crippen LogP) is 9.38. The zero-order chi connectivity index (χ0) is 37.5. The van der Waals surface area contributed by atoms with Crippen LogP contribution in [0.25, 0.3) is 27.8 Å². The number of nitrogens with zero attached hydrogens (tertiary/aromatic N) is 5. The molecule has 2 aliphatic rings. The lowest BCUT2D eigenvalue weighted by Crippen LogP contribution is -2.72. The third kappa shape index (κ3) is 5.43. The molecular weight excluding hydrogens is 662 g/mol. The van der Waals surface area contributed by atoms with Crippen LogP contribution < -0.4 is 30.4 Å². The molecule has 0 amide bonds. The Hall–Kier alpha value is -5.69. The highest BCUT2D eigenvalue weighted by Crippen LogP contribution is 2.40. The fourth-order valence-corrected chi connectivity index (χ4v) is 8.61. The number of para-hydroxylation sites is 3. The van der Waals surface area contributed by atoms with Gasteiger partial charge < -0.3 is 19.5 Å². The average molecular weight is 709 g/mol. The molecule has 4 aromatic carbocycles. The van der Waals surface area contributed by atoms with Gasteiger partial charge in [0.2, 0.25) is 5.88 Å². The summed E-state index contributed by atoms with van der Waals surface area (Å²) in [6.07, 6.45) is 1.90. The maximum atomic E-state index is 6.68. The van der Waals surface area contributed by atoms with Crippen LogP contribution in [0.2, 0.25) is 0 Å². The summed E-state index contributed by atoms with van der Waals surface area (Å²) < 4.78 is 11.4. The van der Waals surface area contributed by atoms with Gasteiger partial charge in [0.05, 0.1) is 5.52 Å². The number of aromatic nitrogens is 3. The van der Waals surface area contributed by atoms with Crippen molar-refractivity contribution in [3.8, 4) is 17.4 Å². The number of ether oxygens (including phenoxy) is 1. The van der Waals surface area contributed by atoms with Gasteiger partial charge in [-0.2, -0.15) is 4.98 Å². The summed E-state index contributed by atoms with van der Waals surface area (Å²) in [4.78, 5) is 12.5. The van der Waals surface area contributed by atoms with Crippen molar-refractivity contribution in [2.24, 2.45) is 0 Å². The van der Waals surface area contributed by atoms with Crippen molar-refractivity contribution < 1.29 is 4.74 Å². The maximum Gasteiger partial charge on any atom is 0.400 e. The van der Waals surface area contributed by atoms with Crippen LogP contribution in [0.3, 0.4) is 0 Å². The lowest BCUT2D eigenvalue weighted by molar-refractivity contribution is 0.465.